The molecule has 0 aliphatic heterocycles. The normalized spacial score (nSPS) is 25.3. The molecule has 1 saturated carbocycles. The van der Waals surface area contributed by atoms with Crippen molar-refractivity contribution in [3.05, 3.63) is 83.9 Å². The molecule has 2 bridgehead atoms. The molecule has 4 heteroatoms. The highest BCUT2D eigenvalue weighted by Crippen LogP contribution is 2.48. The number of carbonyl (C=O) groups is 2. The summed E-state index contributed by atoms with van der Waals surface area (Å²) in [4.78, 5) is 24.5. The van der Waals surface area contributed by atoms with Crippen molar-refractivity contribution >= 4 is 11.9 Å². The molecule has 0 aromatic heterocycles. The number of benzene rings is 2. The summed E-state index contributed by atoms with van der Waals surface area (Å²) in [5.41, 5.74) is 1.12. The van der Waals surface area contributed by atoms with Gasteiger partial charge in [0.25, 0.3) is 0 Å². The lowest BCUT2D eigenvalue weighted by Gasteiger charge is -2.27. The predicted octanol–water partition coefficient (Wildman–Crippen LogP) is 4.14. The molecule has 0 unspecified atom stereocenters. The van der Waals surface area contributed by atoms with Crippen LogP contribution in [0.4, 0.5) is 0 Å². The van der Waals surface area contributed by atoms with Crippen molar-refractivity contribution < 1.29 is 19.1 Å². The van der Waals surface area contributed by atoms with E-state index in [-0.39, 0.29) is 23.8 Å². The summed E-state index contributed by atoms with van der Waals surface area (Å²) >= 11 is 0. The maximum absolute atomic E-state index is 12.2. The fraction of sp³-hybridized carbons (Fsp3) is 0.304. The summed E-state index contributed by atoms with van der Waals surface area (Å²) < 4.78 is 11.1. The van der Waals surface area contributed by atoms with Crippen LogP contribution in [-0.4, -0.2) is 25.2 Å². The number of allylic oxidation sites excluding steroid dienone is 2. The molecule has 4 atom stereocenters. The lowest BCUT2D eigenvalue weighted by atomic mass is 9.84. The molecule has 0 heterocycles. The van der Waals surface area contributed by atoms with Gasteiger partial charge in [-0.15, -0.1) is 0 Å². The van der Waals surface area contributed by atoms with Crippen LogP contribution in [0, 0.1) is 23.7 Å². The van der Waals surface area contributed by atoms with Crippen LogP contribution >= 0.6 is 0 Å². The third-order valence-electron chi connectivity index (χ3n) is 5.63. The third kappa shape index (κ3) is 3.80. The fourth-order valence-electron chi connectivity index (χ4n) is 4.18. The lowest BCUT2D eigenvalue weighted by Crippen LogP contribution is -2.30. The van der Waals surface area contributed by atoms with E-state index in [4.69, 9.17) is 9.47 Å². The van der Waals surface area contributed by atoms with E-state index >= 15 is 0 Å². The number of hydrogen-bond donors (Lipinski definition) is 0. The van der Waals surface area contributed by atoms with Crippen molar-refractivity contribution in [3.63, 3.8) is 0 Å². The maximum atomic E-state index is 12.2. The average Bonchev–Trinajstić information content (AvgIpc) is 3.33. The minimum Gasteiger partial charge on any atom is -0.462 e. The van der Waals surface area contributed by atoms with Crippen molar-refractivity contribution in [2.75, 3.05) is 13.2 Å². The summed E-state index contributed by atoms with van der Waals surface area (Å²) in [6, 6.07) is 18.0. The molecule has 0 spiro atoms. The van der Waals surface area contributed by atoms with Crippen molar-refractivity contribution in [2.24, 2.45) is 23.7 Å². The molecule has 2 aromatic carbocycles. The number of esters is 2. The molecule has 2 aliphatic rings. The highest BCUT2D eigenvalue weighted by Gasteiger charge is 2.45. The van der Waals surface area contributed by atoms with Crippen LogP contribution in [0.3, 0.4) is 0 Å². The second kappa shape index (κ2) is 7.78. The fourth-order valence-corrected chi connectivity index (χ4v) is 4.18. The topological polar surface area (TPSA) is 52.6 Å². The molecule has 0 saturated heterocycles. The second-order valence-corrected chi connectivity index (χ2v) is 7.20. The molecule has 4 rings (SSSR count). The SMILES string of the molecule is O=C(OC[C@H]1[C@H](COC(=O)c2ccccc2)[C@H]2C=C[C@@H]1C2)c1ccccc1. The van der Waals surface area contributed by atoms with Crippen molar-refractivity contribution in [1.29, 1.82) is 0 Å². The predicted molar refractivity (Wildman–Crippen MR) is 101 cm³/mol. The summed E-state index contributed by atoms with van der Waals surface area (Å²) in [6.45, 7) is 0.708. The second-order valence-electron chi connectivity index (χ2n) is 7.20. The van der Waals surface area contributed by atoms with Gasteiger partial charge in [0.2, 0.25) is 0 Å². The monoisotopic (exact) mass is 362 g/mol. The first-order chi connectivity index (χ1) is 13.2. The van der Waals surface area contributed by atoms with E-state index in [1.807, 2.05) is 36.4 Å². The van der Waals surface area contributed by atoms with Gasteiger partial charge in [-0.1, -0.05) is 48.6 Å². The zero-order chi connectivity index (χ0) is 18.6. The van der Waals surface area contributed by atoms with Gasteiger partial charge in [-0.2, -0.15) is 0 Å². The van der Waals surface area contributed by atoms with Crippen LogP contribution < -0.4 is 0 Å². The molecule has 4 nitrogen and oxygen atoms in total. The molecule has 2 aliphatic carbocycles. The Morgan fingerprint density at radius 1 is 0.704 bits per heavy atom. The van der Waals surface area contributed by atoms with Crippen LogP contribution in [0.25, 0.3) is 0 Å². The maximum Gasteiger partial charge on any atom is 0.338 e. The average molecular weight is 362 g/mol. The minimum absolute atomic E-state index is 0.191. The quantitative estimate of drug-likeness (QED) is 0.572. The van der Waals surface area contributed by atoms with Gasteiger partial charge >= 0.3 is 11.9 Å². The van der Waals surface area contributed by atoms with E-state index in [9.17, 15) is 9.59 Å². The molecule has 0 N–H and O–H groups in total. The van der Waals surface area contributed by atoms with Crippen LogP contribution in [0.2, 0.25) is 0 Å². The van der Waals surface area contributed by atoms with Gasteiger partial charge in [0, 0.05) is 11.8 Å². The number of rotatable bonds is 6. The molecule has 1 fully saturated rings. The highest BCUT2D eigenvalue weighted by atomic mass is 16.5. The number of hydrogen-bond acceptors (Lipinski definition) is 4. The van der Waals surface area contributed by atoms with Gasteiger partial charge in [-0.25, -0.2) is 9.59 Å². The van der Waals surface area contributed by atoms with Gasteiger partial charge in [0.05, 0.1) is 24.3 Å². The lowest BCUT2D eigenvalue weighted by molar-refractivity contribution is 0.0204. The Labute approximate surface area is 158 Å². The van der Waals surface area contributed by atoms with Gasteiger partial charge in [0.15, 0.2) is 0 Å². The van der Waals surface area contributed by atoms with Crippen molar-refractivity contribution in [2.45, 2.75) is 6.42 Å². The van der Waals surface area contributed by atoms with Crippen LogP contribution in [-0.2, 0) is 9.47 Å². The van der Waals surface area contributed by atoms with Crippen molar-refractivity contribution in [1.82, 2.24) is 0 Å². The molecule has 0 amide bonds. The Morgan fingerprint density at radius 3 is 1.52 bits per heavy atom. The Bertz CT molecular complexity index is 758. The van der Waals surface area contributed by atoms with Gasteiger partial charge in [-0.3, -0.25) is 0 Å². The van der Waals surface area contributed by atoms with Gasteiger partial charge < -0.3 is 9.47 Å². The van der Waals surface area contributed by atoms with E-state index in [0.717, 1.165) is 6.42 Å². The number of ether oxygens (including phenoxy) is 2. The van der Waals surface area contributed by atoms with E-state index in [2.05, 4.69) is 12.2 Å². The highest BCUT2D eigenvalue weighted by molar-refractivity contribution is 5.89. The molecule has 0 radical (unpaired) electrons. The van der Waals surface area contributed by atoms with E-state index in [1.165, 1.54) is 0 Å². The Balaban J connectivity index is 1.36. The zero-order valence-corrected chi connectivity index (χ0v) is 15.0. The number of fused-ring (bicyclic) bond motifs is 2. The molecule has 2 aromatic rings. The van der Waals surface area contributed by atoms with Gasteiger partial charge in [0.1, 0.15) is 0 Å². The Hall–Kier alpha value is -2.88. The Morgan fingerprint density at radius 2 is 1.11 bits per heavy atom. The van der Waals surface area contributed by atoms with Crippen LogP contribution in [0.5, 0.6) is 0 Å². The third-order valence-corrected chi connectivity index (χ3v) is 5.63. The molecule has 27 heavy (non-hydrogen) atoms. The standard InChI is InChI=1S/C23H22O4/c24-22(16-7-3-1-4-8-16)26-14-20-18-11-12-19(13-18)21(20)15-27-23(25)17-9-5-2-6-10-17/h1-12,18-21H,13-15H2/t18-,19+,20-,21-/m1/s1. The smallest absolute Gasteiger partial charge is 0.338 e. The largest absolute Gasteiger partial charge is 0.462 e. The molecule has 138 valence electrons. The summed E-state index contributed by atoms with van der Waals surface area (Å²) in [5.74, 6) is 0.551. The number of carbonyl (C=O) groups excluding carboxylic acids is 2. The minimum atomic E-state index is -0.303. The first-order valence-corrected chi connectivity index (χ1v) is 9.35. The summed E-state index contributed by atoms with van der Waals surface area (Å²) in [7, 11) is 0. The summed E-state index contributed by atoms with van der Waals surface area (Å²) in [5, 5.41) is 0. The molecular weight excluding hydrogens is 340 g/mol. The van der Waals surface area contributed by atoms with Crippen LogP contribution in [0.15, 0.2) is 72.8 Å². The van der Waals surface area contributed by atoms with Crippen molar-refractivity contribution in [3.8, 4) is 0 Å². The zero-order valence-electron chi connectivity index (χ0n) is 15.0. The van der Waals surface area contributed by atoms with E-state index in [1.54, 1.807) is 24.3 Å². The van der Waals surface area contributed by atoms with Gasteiger partial charge in [-0.05, 0) is 42.5 Å². The molecular formula is C23H22O4. The van der Waals surface area contributed by atoms with E-state index < -0.39 is 0 Å². The summed E-state index contributed by atoms with van der Waals surface area (Å²) in [6.07, 6.45) is 5.46. The first kappa shape index (κ1) is 17.5. The first-order valence-electron chi connectivity index (χ1n) is 9.35. The van der Waals surface area contributed by atoms with Crippen LogP contribution in [0.1, 0.15) is 27.1 Å². The Kier molecular flexibility index (Phi) is 5.05. The van der Waals surface area contributed by atoms with E-state index in [0.29, 0.717) is 36.2 Å².